The fraction of sp³-hybridized carbons (Fsp3) is 0.278. The van der Waals surface area contributed by atoms with Gasteiger partial charge in [-0.05, 0) is 30.5 Å². The fourth-order valence-corrected chi connectivity index (χ4v) is 3.22. The zero-order valence-corrected chi connectivity index (χ0v) is 12.1. The van der Waals surface area contributed by atoms with E-state index in [-0.39, 0.29) is 11.6 Å². The lowest BCUT2D eigenvalue weighted by Gasteiger charge is -2.28. The molecule has 0 aliphatic heterocycles. The molecule has 1 amide bonds. The van der Waals surface area contributed by atoms with Gasteiger partial charge in [0, 0.05) is 6.07 Å². The Bertz CT molecular complexity index is 679. The van der Waals surface area contributed by atoms with E-state index in [1.807, 2.05) is 30.3 Å². The van der Waals surface area contributed by atoms with Crippen LogP contribution in [0.2, 0.25) is 0 Å². The van der Waals surface area contributed by atoms with Crippen molar-refractivity contribution in [1.29, 1.82) is 0 Å². The van der Waals surface area contributed by atoms with Crippen molar-refractivity contribution in [1.82, 2.24) is 0 Å². The van der Waals surface area contributed by atoms with E-state index in [9.17, 15) is 13.6 Å². The van der Waals surface area contributed by atoms with Gasteiger partial charge in [-0.1, -0.05) is 43.2 Å². The molecule has 0 bridgehead atoms. The van der Waals surface area contributed by atoms with E-state index < -0.39 is 17.0 Å². The van der Waals surface area contributed by atoms with E-state index in [1.165, 1.54) is 6.07 Å². The zero-order chi connectivity index (χ0) is 15.6. The van der Waals surface area contributed by atoms with E-state index in [1.54, 1.807) is 0 Å². The quantitative estimate of drug-likeness (QED) is 0.893. The van der Waals surface area contributed by atoms with Gasteiger partial charge in [-0.3, -0.25) is 4.79 Å². The maximum Gasteiger partial charge on any atom is 0.235 e. The zero-order valence-electron chi connectivity index (χ0n) is 12.1. The highest BCUT2D eigenvalue weighted by atomic mass is 19.1. The summed E-state index contributed by atoms with van der Waals surface area (Å²) in [5, 5.41) is 2.64. The Morgan fingerprint density at radius 1 is 1.00 bits per heavy atom. The van der Waals surface area contributed by atoms with Crippen molar-refractivity contribution in [3.63, 3.8) is 0 Å². The first kappa shape index (κ1) is 14.7. The summed E-state index contributed by atoms with van der Waals surface area (Å²) in [6.45, 7) is 0. The molecule has 1 aliphatic carbocycles. The number of hydrogen-bond donors (Lipinski definition) is 1. The average molecular weight is 301 g/mol. The predicted molar refractivity (Wildman–Crippen MR) is 81.6 cm³/mol. The van der Waals surface area contributed by atoms with Crippen LogP contribution in [0.3, 0.4) is 0 Å². The number of amides is 1. The second-order valence-corrected chi connectivity index (χ2v) is 5.73. The third-order valence-electron chi connectivity index (χ3n) is 4.40. The number of halogens is 2. The number of rotatable bonds is 3. The summed E-state index contributed by atoms with van der Waals surface area (Å²) in [4.78, 5) is 12.8. The van der Waals surface area contributed by atoms with Crippen LogP contribution in [0, 0.1) is 11.6 Å². The van der Waals surface area contributed by atoms with E-state index >= 15 is 0 Å². The summed E-state index contributed by atoms with van der Waals surface area (Å²) in [6.07, 6.45) is 3.42. The topological polar surface area (TPSA) is 29.1 Å². The number of hydrogen-bond acceptors (Lipinski definition) is 1. The lowest BCUT2D eigenvalue weighted by Crippen LogP contribution is -2.38. The molecule has 1 fully saturated rings. The molecule has 1 saturated carbocycles. The van der Waals surface area contributed by atoms with Gasteiger partial charge < -0.3 is 5.32 Å². The summed E-state index contributed by atoms with van der Waals surface area (Å²) >= 11 is 0. The van der Waals surface area contributed by atoms with Crippen LogP contribution in [0.5, 0.6) is 0 Å². The van der Waals surface area contributed by atoms with Crippen molar-refractivity contribution in [3.05, 3.63) is 65.7 Å². The van der Waals surface area contributed by atoms with Crippen LogP contribution >= 0.6 is 0 Å². The van der Waals surface area contributed by atoms with Crippen molar-refractivity contribution in [2.24, 2.45) is 0 Å². The lowest BCUT2D eigenvalue weighted by atomic mass is 9.78. The SMILES string of the molecule is O=C(Nc1ccc(F)cc1F)C1(c2ccccc2)CCCC1. The third kappa shape index (κ3) is 2.61. The molecule has 2 nitrogen and oxygen atoms in total. The molecule has 0 aromatic heterocycles. The number of carbonyl (C=O) groups is 1. The Kier molecular flexibility index (Phi) is 3.92. The Labute approximate surface area is 128 Å². The standard InChI is InChI=1S/C18H17F2NO/c19-14-8-9-16(15(20)12-14)21-17(22)18(10-4-5-11-18)13-6-2-1-3-7-13/h1-3,6-9,12H,4-5,10-11H2,(H,21,22). The number of nitrogens with one attached hydrogen (secondary N) is 1. The molecule has 2 aromatic rings. The lowest BCUT2D eigenvalue weighted by molar-refractivity contribution is -0.121. The van der Waals surface area contributed by atoms with Gasteiger partial charge in [-0.15, -0.1) is 0 Å². The molecule has 0 saturated heterocycles. The molecule has 2 aromatic carbocycles. The highest BCUT2D eigenvalue weighted by Gasteiger charge is 2.42. The molecular weight excluding hydrogens is 284 g/mol. The van der Waals surface area contributed by atoms with Gasteiger partial charge in [-0.25, -0.2) is 8.78 Å². The van der Waals surface area contributed by atoms with Crippen LogP contribution in [-0.4, -0.2) is 5.91 Å². The molecular formula is C18H17F2NO. The van der Waals surface area contributed by atoms with Crippen molar-refractivity contribution in [3.8, 4) is 0 Å². The molecule has 22 heavy (non-hydrogen) atoms. The first-order valence-corrected chi connectivity index (χ1v) is 7.44. The number of benzene rings is 2. The maximum atomic E-state index is 13.8. The Morgan fingerprint density at radius 2 is 1.68 bits per heavy atom. The normalized spacial score (nSPS) is 16.5. The maximum absolute atomic E-state index is 13.8. The Morgan fingerprint density at radius 3 is 2.32 bits per heavy atom. The minimum absolute atomic E-state index is 0.0219. The van der Waals surface area contributed by atoms with Crippen LogP contribution in [0.4, 0.5) is 14.5 Å². The highest BCUT2D eigenvalue weighted by Crippen LogP contribution is 2.42. The van der Waals surface area contributed by atoms with Crippen molar-refractivity contribution >= 4 is 11.6 Å². The summed E-state index contributed by atoms with van der Waals surface area (Å²) in [7, 11) is 0. The molecule has 0 unspecified atom stereocenters. The van der Waals surface area contributed by atoms with Gasteiger partial charge in [0.25, 0.3) is 0 Å². The van der Waals surface area contributed by atoms with Gasteiger partial charge in [0.05, 0.1) is 11.1 Å². The molecule has 0 atom stereocenters. The number of anilines is 1. The van der Waals surface area contributed by atoms with Gasteiger partial charge in [0.15, 0.2) is 0 Å². The van der Waals surface area contributed by atoms with E-state index in [0.717, 1.165) is 43.4 Å². The molecule has 0 radical (unpaired) electrons. The van der Waals surface area contributed by atoms with Crippen LogP contribution in [0.25, 0.3) is 0 Å². The molecule has 0 spiro atoms. The molecule has 1 N–H and O–H groups in total. The first-order valence-electron chi connectivity index (χ1n) is 7.44. The molecule has 4 heteroatoms. The summed E-state index contributed by atoms with van der Waals surface area (Å²) < 4.78 is 26.7. The van der Waals surface area contributed by atoms with Gasteiger partial charge >= 0.3 is 0 Å². The second kappa shape index (κ2) is 5.87. The van der Waals surface area contributed by atoms with Crippen LogP contribution < -0.4 is 5.32 Å². The fourth-order valence-electron chi connectivity index (χ4n) is 3.22. The van der Waals surface area contributed by atoms with Crippen LogP contribution in [0.15, 0.2) is 48.5 Å². The smallest absolute Gasteiger partial charge is 0.235 e. The second-order valence-electron chi connectivity index (χ2n) is 5.73. The largest absolute Gasteiger partial charge is 0.323 e. The number of carbonyl (C=O) groups excluding carboxylic acids is 1. The molecule has 3 rings (SSSR count). The summed E-state index contributed by atoms with van der Waals surface area (Å²) in [5.41, 5.74) is 0.350. The van der Waals surface area contributed by atoms with Crippen molar-refractivity contribution < 1.29 is 13.6 Å². The minimum atomic E-state index is -0.755. The first-order chi connectivity index (χ1) is 10.6. The highest BCUT2D eigenvalue weighted by molar-refractivity contribution is 5.99. The molecule has 114 valence electrons. The van der Waals surface area contributed by atoms with Crippen molar-refractivity contribution in [2.45, 2.75) is 31.1 Å². The van der Waals surface area contributed by atoms with E-state index in [4.69, 9.17) is 0 Å². The average Bonchev–Trinajstić information content (AvgIpc) is 3.02. The third-order valence-corrected chi connectivity index (χ3v) is 4.40. The Hall–Kier alpha value is -2.23. The minimum Gasteiger partial charge on any atom is -0.323 e. The van der Waals surface area contributed by atoms with Crippen molar-refractivity contribution in [2.75, 3.05) is 5.32 Å². The van der Waals surface area contributed by atoms with E-state index in [0.29, 0.717) is 0 Å². The van der Waals surface area contributed by atoms with Crippen LogP contribution in [-0.2, 0) is 10.2 Å². The molecule has 0 heterocycles. The molecule has 1 aliphatic rings. The summed E-state index contributed by atoms with van der Waals surface area (Å²) in [5.74, 6) is -1.63. The van der Waals surface area contributed by atoms with Gasteiger partial charge in [0.1, 0.15) is 11.6 Å². The van der Waals surface area contributed by atoms with Crippen LogP contribution in [0.1, 0.15) is 31.2 Å². The van der Waals surface area contributed by atoms with Gasteiger partial charge in [0.2, 0.25) is 5.91 Å². The monoisotopic (exact) mass is 301 g/mol. The van der Waals surface area contributed by atoms with Gasteiger partial charge in [-0.2, -0.15) is 0 Å². The Balaban J connectivity index is 1.91. The predicted octanol–water partition coefficient (Wildman–Crippen LogP) is 4.42. The summed E-state index contributed by atoms with van der Waals surface area (Å²) in [6, 6.07) is 12.8. The van der Waals surface area contributed by atoms with E-state index in [2.05, 4.69) is 5.32 Å².